The Bertz CT molecular complexity index is 684. The molecule has 1 fully saturated rings. The lowest BCUT2D eigenvalue weighted by Gasteiger charge is -2.27. The first-order valence-corrected chi connectivity index (χ1v) is 8.66. The molecule has 0 radical (unpaired) electrons. The summed E-state index contributed by atoms with van der Waals surface area (Å²) in [5.74, 6) is 0.832. The van der Waals surface area contributed by atoms with Crippen LogP contribution in [0.4, 0.5) is 0 Å². The van der Waals surface area contributed by atoms with E-state index in [1.54, 1.807) is 19.2 Å². The summed E-state index contributed by atoms with van der Waals surface area (Å²) in [6, 6.07) is 0.198. The molecule has 8 heteroatoms. The van der Waals surface area contributed by atoms with E-state index < -0.39 is 0 Å². The first-order chi connectivity index (χ1) is 11.1. The minimum atomic E-state index is -0.361. The van der Waals surface area contributed by atoms with Crippen LogP contribution in [0, 0.1) is 6.92 Å². The van der Waals surface area contributed by atoms with Crippen LogP contribution in [0.3, 0.4) is 0 Å². The summed E-state index contributed by atoms with van der Waals surface area (Å²) >= 11 is 1.50. The number of esters is 1. The molecule has 124 valence electrons. The van der Waals surface area contributed by atoms with Crippen LogP contribution < -0.4 is 0 Å². The topological polar surface area (TPSA) is 81.4 Å². The molecular weight excluding hydrogens is 316 g/mol. The Morgan fingerprint density at radius 1 is 1.57 bits per heavy atom. The minimum Gasteiger partial charge on any atom is -0.461 e. The molecule has 0 bridgehead atoms. The van der Waals surface area contributed by atoms with E-state index in [2.05, 4.69) is 27.0 Å². The highest BCUT2D eigenvalue weighted by Gasteiger charge is 2.34. The maximum absolute atomic E-state index is 11.8. The summed E-state index contributed by atoms with van der Waals surface area (Å²) in [5.41, 5.74) is 0.389. The lowest BCUT2D eigenvalue weighted by Crippen LogP contribution is -2.27. The lowest BCUT2D eigenvalue weighted by atomic mass is 10.2. The van der Waals surface area contributed by atoms with Gasteiger partial charge in [0.1, 0.15) is 5.01 Å². The molecule has 0 aliphatic carbocycles. The molecule has 1 aliphatic rings. The zero-order valence-corrected chi connectivity index (χ0v) is 14.3. The van der Waals surface area contributed by atoms with Crippen LogP contribution in [0.5, 0.6) is 0 Å². The van der Waals surface area contributed by atoms with E-state index in [0.717, 1.165) is 24.4 Å². The fourth-order valence-electron chi connectivity index (χ4n) is 2.88. The van der Waals surface area contributed by atoms with Gasteiger partial charge in [-0.1, -0.05) is 0 Å². The maximum atomic E-state index is 11.8. The van der Waals surface area contributed by atoms with Gasteiger partial charge < -0.3 is 9.15 Å². The van der Waals surface area contributed by atoms with Crippen molar-refractivity contribution in [2.75, 3.05) is 13.2 Å². The monoisotopic (exact) mass is 336 g/mol. The number of aryl methyl sites for hydroxylation is 1. The summed E-state index contributed by atoms with van der Waals surface area (Å²) in [7, 11) is 0. The highest BCUT2D eigenvalue weighted by molar-refractivity contribution is 7.09. The molecule has 0 unspecified atom stereocenters. The SMILES string of the molecule is CCOC(=O)c1csc([C@H]2CCCN2[C@H](C)c2nnc(C)o2)n1. The van der Waals surface area contributed by atoms with Gasteiger partial charge in [0.25, 0.3) is 0 Å². The number of thiazole rings is 1. The van der Waals surface area contributed by atoms with Crippen LogP contribution in [-0.4, -0.2) is 39.2 Å². The third-order valence-electron chi connectivity index (χ3n) is 3.98. The molecule has 0 N–H and O–H groups in total. The molecular formula is C15H20N4O3S. The van der Waals surface area contributed by atoms with Gasteiger partial charge in [-0.3, -0.25) is 4.90 Å². The van der Waals surface area contributed by atoms with Crippen molar-refractivity contribution in [3.05, 3.63) is 27.9 Å². The van der Waals surface area contributed by atoms with Crippen LogP contribution in [0.25, 0.3) is 0 Å². The van der Waals surface area contributed by atoms with Crippen molar-refractivity contribution in [3.63, 3.8) is 0 Å². The van der Waals surface area contributed by atoms with E-state index in [1.807, 2.05) is 0 Å². The van der Waals surface area contributed by atoms with Crippen molar-refractivity contribution in [2.24, 2.45) is 0 Å². The number of carbonyl (C=O) groups is 1. The summed E-state index contributed by atoms with van der Waals surface area (Å²) in [4.78, 5) is 18.6. The van der Waals surface area contributed by atoms with E-state index in [9.17, 15) is 4.79 Å². The molecule has 23 heavy (non-hydrogen) atoms. The molecule has 0 saturated carbocycles. The summed E-state index contributed by atoms with van der Waals surface area (Å²) in [5, 5.41) is 10.7. The predicted octanol–water partition coefficient (Wildman–Crippen LogP) is 2.91. The quantitative estimate of drug-likeness (QED) is 0.776. The molecule has 2 aromatic heterocycles. The molecule has 1 saturated heterocycles. The molecule has 1 aliphatic heterocycles. The molecule has 0 spiro atoms. The number of aromatic nitrogens is 3. The number of nitrogens with zero attached hydrogens (tertiary/aromatic N) is 4. The average molecular weight is 336 g/mol. The number of rotatable bonds is 5. The van der Waals surface area contributed by atoms with E-state index >= 15 is 0 Å². The second-order valence-corrected chi connectivity index (χ2v) is 6.41. The van der Waals surface area contributed by atoms with Crippen LogP contribution in [0.2, 0.25) is 0 Å². The van der Waals surface area contributed by atoms with Gasteiger partial charge in [0.2, 0.25) is 11.8 Å². The van der Waals surface area contributed by atoms with Gasteiger partial charge in [0, 0.05) is 12.3 Å². The van der Waals surface area contributed by atoms with Gasteiger partial charge in [0.05, 0.1) is 18.7 Å². The molecule has 3 heterocycles. The van der Waals surface area contributed by atoms with Crippen LogP contribution in [0.1, 0.15) is 66.1 Å². The van der Waals surface area contributed by atoms with E-state index in [0.29, 0.717) is 24.1 Å². The Morgan fingerprint density at radius 3 is 3.09 bits per heavy atom. The molecule has 7 nitrogen and oxygen atoms in total. The standard InChI is InChI=1S/C15H20N4O3S/c1-4-21-15(20)11-8-23-14(16-11)12-6-5-7-19(12)9(2)13-18-17-10(3)22-13/h8-9,12H,4-7H2,1-3H3/t9-,12-/m1/s1. The molecule has 0 aromatic carbocycles. The van der Waals surface area contributed by atoms with Crippen LogP contribution in [0.15, 0.2) is 9.80 Å². The highest BCUT2D eigenvalue weighted by atomic mass is 32.1. The molecule has 2 atom stereocenters. The Morgan fingerprint density at radius 2 is 2.39 bits per heavy atom. The van der Waals surface area contributed by atoms with Gasteiger partial charge in [-0.05, 0) is 33.2 Å². The number of ether oxygens (including phenoxy) is 1. The summed E-state index contributed by atoms with van der Waals surface area (Å²) in [6.07, 6.45) is 2.09. The third kappa shape index (κ3) is 3.28. The predicted molar refractivity (Wildman–Crippen MR) is 84.2 cm³/mol. The van der Waals surface area contributed by atoms with Crippen LogP contribution >= 0.6 is 11.3 Å². The fraction of sp³-hybridized carbons (Fsp3) is 0.600. The first kappa shape index (κ1) is 16.1. The molecule has 3 rings (SSSR count). The number of carbonyl (C=O) groups excluding carboxylic acids is 1. The minimum absolute atomic E-state index is 0.0265. The Hall–Kier alpha value is -1.80. The van der Waals surface area contributed by atoms with Crippen molar-refractivity contribution in [1.29, 1.82) is 0 Å². The number of hydrogen-bond acceptors (Lipinski definition) is 8. The van der Waals surface area contributed by atoms with Crippen molar-refractivity contribution in [1.82, 2.24) is 20.1 Å². The lowest BCUT2D eigenvalue weighted by molar-refractivity contribution is 0.0519. The second kappa shape index (κ2) is 6.76. The normalized spacial score (nSPS) is 19.9. The van der Waals surface area contributed by atoms with E-state index in [4.69, 9.17) is 9.15 Å². The number of hydrogen-bond donors (Lipinski definition) is 0. The Labute approximate surface area is 138 Å². The van der Waals surface area contributed by atoms with Gasteiger partial charge in [0.15, 0.2) is 5.69 Å². The fourth-order valence-corrected chi connectivity index (χ4v) is 3.82. The Kier molecular flexibility index (Phi) is 4.72. The maximum Gasteiger partial charge on any atom is 0.357 e. The summed E-state index contributed by atoms with van der Waals surface area (Å²) in [6.45, 7) is 6.94. The van der Waals surface area contributed by atoms with Crippen LogP contribution in [-0.2, 0) is 4.74 Å². The Balaban J connectivity index is 1.77. The van der Waals surface area contributed by atoms with Crippen molar-refractivity contribution < 1.29 is 13.9 Å². The van der Waals surface area contributed by atoms with E-state index in [-0.39, 0.29) is 18.1 Å². The second-order valence-electron chi connectivity index (χ2n) is 5.52. The van der Waals surface area contributed by atoms with Crippen molar-refractivity contribution in [3.8, 4) is 0 Å². The smallest absolute Gasteiger partial charge is 0.357 e. The first-order valence-electron chi connectivity index (χ1n) is 7.78. The summed E-state index contributed by atoms with van der Waals surface area (Å²) < 4.78 is 10.6. The van der Waals surface area contributed by atoms with E-state index in [1.165, 1.54) is 11.3 Å². The highest BCUT2D eigenvalue weighted by Crippen LogP contribution is 2.39. The van der Waals surface area contributed by atoms with Gasteiger partial charge in [-0.15, -0.1) is 21.5 Å². The van der Waals surface area contributed by atoms with Crippen molar-refractivity contribution >= 4 is 17.3 Å². The van der Waals surface area contributed by atoms with Crippen molar-refractivity contribution in [2.45, 2.75) is 45.7 Å². The number of likely N-dealkylation sites (tertiary alicyclic amines) is 1. The zero-order chi connectivity index (χ0) is 16.4. The van der Waals surface area contributed by atoms with Gasteiger partial charge >= 0.3 is 5.97 Å². The molecule has 0 amide bonds. The van der Waals surface area contributed by atoms with Gasteiger partial charge in [-0.25, -0.2) is 9.78 Å². The molecule has 2 aromatic rings. The third-order valence-corrected chi connectivity index (χ3v) is 4.93. The average Bonchev–Trinajstić information content (AvgIpc) is 3.26. The largest absolute Gasteiger partial charge is 0.461 e. The zero-order valence-electron chi connectivity index (χ0n) is 13.5. The van der Waals surface area contributed by atoms with Gasteiger partial charge in [-0.2, -0.15) is 0 Å².